The molecule has 7 nitrogen and oxygen atoms in total. The summed E-state index contributed by atoms with van der Waals surface area (Å²) in [6.07, 6.45) is 4.24. The lowest BCUT2D eigenvalue weighted by Gasteiger charge is -2.32. The molecule has 1 amide bonds. The Kier molecular flexibility index (Phi) is 3.31. The van der Waals surface area contributed by atoms with Crippen LogP contribution in [0.2, 0.25) is 0 Å². The Morgan fingerprint density at radius 3 is 2.89 bits per heavy atom. The zero-order valence-corrected chi connectivity index (χ0v) is 10.5. The third-order valence-corrected chi connectivity index (χ3v) is 3.27. The molecular formula is C11H16N4O3. The van der Waals surface area contributed by atoms with Crippen molar-refractivity contribution in [1.29, 1.82) is 0 Å². The minimum absolute atomic E-state index is 0.0590. The van der Waals surface area contributed by atoms with Crippen LogP contribution in [-0.4, -0.2) is 38.1 Å². The van der Waals surface area contributed by atoms with Crippen molar-refractivity contribution in [2.75, 3.05) is 6.54 Å². The first kappa shape index (κ1) is 12.5. The van der Waals surface area contributed by atoms with Crippen LogP contribution in [0.3, 0.4) is 0 Å². The number of rotatable bonds is 2. The molecule has 0 spiro atoms. The highest BCUT2D eigenvalue weighted by Gasteiger charge is 2.32. The number of carbonyl (C=O) groups excluding carboxylic acids is 1. The highest BCUT2D eigenvalue weighted by molar-refractivity contribution is 5.96. The van der Waals surface area contributed by atoms with E-state index in [9.17, 15) is 14.9 Å². The molecule has 0 bridgehead atoms. The topological polar surface area (TPSA) is 81.3 Å². The molecule has 0 aromatic carbocycles. The maximum absolute atomic E-state index is 12.3. The van der Waals surface area contributed by atoms with E-state index in [1.54, 1.807) is 11.9 Å². The molecule has 1 aromatic heterocycles. The summed E-state index contributed by atoms with van der Waals surface area (Å²) in [6, 6.07) is 0.118. The van der Waals surface area contributed by atoms with E-state index in [1.807, 2.05) is 6.92 Å². The van der Waals surface area contributed by atoms with Crippen molar-refractivity contribution < 1.29 is 9.72 Å². The number of carbonyl (C=O) groups is 1. The summed E-state index contributed by atoms with van der Waals surface area (Å²) in [6.45, 7) is 2.61. The molecule has 1 aliphatic heterocycles. The molecule has 0 radical (unpaired) electrons. The largest absolute Gasteiger partial charge is 0.334 e. The number of hydrogen-bond donors (Lipinski definition) is 0. The van der Waals surface area contributed by atoms with Crippen LogP contribution < -0.4 is 0 Å². The number of nitrogens with zero attached hydrogens (tertiary/aromatic N) is 4. The Morgan fingerprint density at radius 2 is 2.28 bits per heavy atom. The minimum atomic E-state index is -0.561. The molecule has 2 rings (SSSR count). The molecule has 1 aromatic rings. The van der Waals surface area contributed by atoms with Crippen molar-refractivity contribution >= 4 is 11.6 Å². The SMILES string of the molecule is C[C@@H]1CCCCN1C(=O)c1nn(C)cc1[N+](=O)[O-]. The first-order chi connectivity index (χ1) is 8.50. The summed E-state index contributed by atoms with van der Waals surface area (Å²) in [5.74, 6) is -0.338. The number of piperidine rings is 1. The average Bonchev–Trinajstić information content (AvgIpc) is 2.71. The molecule has 1 saturated heterocycles. The fourth-order valence-electron chi connectivity index (χ4n) is 2.30. The molecule has 1 atom stereocenters. The maximum Gasteiger partial charge on any atom is 0.320 e. The Bertz CT molecular complexity index is 483. The van der Waals surface area contributed by atoms with E-state index < -0.39 is 4.92 Å². The molecule has 7 heteroatoms. The van der Waals surface area contributed by atoms with Gasteiger partial charge in [-0.2, -0.15) is 5.10 Å². The van der Waals surface area contributed by atoms with E-state index in [0.29, 0.717) is 6.54 Å². The van der Waals surface area contributed by atoms with E-state index in [2.05, 4.69) is 5.10 Å². The normalized spacial score (nSPS) is 19.9. The standard InChI is InChI=1S/C11H16N4O3/c1-8-5-3-4-6-14(8)11(16)10-9(15(17)18)7-13(2)12-10/h7-8H,3-6H2,1-2H3/t8-/m1/s1. The summed E-state index contributed by atoms with van der Waals surface area (Å²) in [5, 5.41) is 14.8. The molecule has 1 fully saturated rings. The predicted molar refractivity (Wildman–Crippen MR) is 64.2 cm³/mol. The molecule has 1 aliphatic rings. The number of amides is 1. The molecule has 0 aliphatic carbocycles. The van der Waals surface area contributed by atoms with Crippen LogP contribution in [0.25, 0.3) is 0 Å². The van der Waals surface area contributed by atoms with Gasteiger partial charge in [0.15, 0.2) is 0 Å². The van der Waals surface area contributed by atoms with Crippen LogP contribution in [0.15, 0.2) is 6.20 Å². The van der Waals surface area contributed by atoms with Crippen molar-refractivity contribution in [2.24, 2.45) is 7.05 Å². The number of aryl methyl sites for hydroxylation is 1. The van der Waals surface area contributed by atoms with Gasteiger partial charge in [-0.1, -0.05) is 0 Å². The molecule has 0 saturated carbocycles. The van der Waals surface area contributed by atoms with Gasteiger partial charge >= 0.3 is 5.69 Å². The number of nitro groups is 1. The third kappa shape index (κ3) is 2.20. The van der Waals surface area contributed by atoms with Gasteiger partial charge in [0.05, 0.1) is 4.92 Å². The Labute approximate surface area is 105 Å². The van der Waals surface area contributed by atoms with Crippen molar-refractivity contribution in [2.45, 2.75) is 32.2 Å². The van der Waals surface area contributed by atoms with Gasteiger partial charge < -0.3 is 4.90 Å². The minimum Gasteiger partial charge on any atom is -0.334 e. The summed E-state index contributed by atoms with van der Waals surface area (Å²) >= 11 is 0. The van der Waals surface area contributed by atoms with E-state index in [0.717, 1.165) is 19.3 Å². The third-order valence-electron chi connectivity index (χ3n) is 3.27. The van der Waals surface area contributed by atoms with Gasteiger partial charge in [-0.05, 0) is 26.2 Å². The van der Waals surface area contributed by atoms with Gasteiger partial charge in [-0.3, -0.25) is 19.6 Å². The molecule has 0 N–H and O–H groups in total. The van der Waals surface area contributed by atoms with Gasteiger partial charge in [0.2, 0.25) is 5.69 Å². The highest BCUT2D eigenvalue weighted by Crippen LogP contribution is 2.23. The Morgan fingerprint density at radius 1 is 1.56 bits per heavy atom. The molecule has 2 heterocycles. The molecule has 18 heavy (non-hydrogen) atoms. The zero-order valence-electron chi connectivity index (χ0n) is 10.5. The van der Waals surface area contributed by atoms with Crippen molar-refractivity contribution in [3.05, 3.63) is 22.0 Å². The fraction of sp³-hybridized carbons (Fsp3) is 0.636. The number of aromatic nitrogens is 2. The van der Waals surface area contributed by atoms with Crippen molar-refractivity contribution in [1.82, 2.24) is 14.7 Å². The first-order valence-corrected chi connectivity index (χ1v) is 5.99. The van der Waals surface area contributed by atoms with E-state index >= 15 is 0 Å². The monoisotopic (exact) mass is 252 g/mol. The number of hydrogen-bond acceptors (Lipinski definition) is 4. The second kappa shape index (κ2) is 4.75. The van der Waals surface area contributed by atoms with Crippen LogP contribution in [0, 0.1) is 10.1 Å². The van der Waals surface area contributed by atoms with Gasteiger partial charge in [0, 0.05) is 19.6 Å². The van der Waals surface area contributed by atoms with E-state index in [1.165, 1.54) is 10.9 Å². The predicted octanol–water partition coefficient (Wildman–Crippen LogP) is 1.34. The van der Waals surface area contributed by atoms with Crippen LogP contribution in [0.1, 0.15) is 36.7 Å². The Balaban J connectivity index is 2.30. The first-order valence-electron chi connectivity index (χ1n) is 5.99. The molecular weight excluding hydrogens is 236 g/mol. The number of likely N-dealkylation sites (tertiary alicyclic amines) is 1. The van der Waals surface area contributed by atoms with Gasteiger partial charge in [0.25, 0.3) is 5.91 Å². The van der Waals surface area contributed by atoms with Crippen molar-refractivity contribution in [3.63, 3.8) is 0 Å². The molecule has 0 unspecified atom stereocenters. The van der Waals surface area contributed by atoms with Gasteiger partial charge in [-0.25, -0.2) is 0 Å². The van der Waals surface area contributed by atoms with Crippen LogP contribution >= 0.6 is 0 Å². The second-order valence-electron chi connectivity index (χ2n) is 4.64. The summed E-state index contributed by atoms with van der Waals surface area (Å²) < 4.78 is 1.31. The lowest BCUT2D eigenvalue weighted by atomic mass is 10.0. The maximum atomic E-state index is 12.3. The van der Waals surface area contributed by atoms with Crippen LogP contribution in [0.4, 0.5) is 5.69 Å². The van der Waals surface area contributed by atoms with E-state index in [-0.39, 0.29) is 23.3 Å². The fourth-order valence-corrected chi connectivity index (χ4v) is 2.30. The Hall–Kier alpha value is -1.92. The van der Waals surface area contributed by atoms with Gasteiger partial charge in [-0.15, -0.1) is 0 Å². The van der Waals surface area contributed by atoms with Gasteiger partial charge in [0.1, 0.15) is 6.20 Å². The van der Waals surface area contributed by atoms with Crippen LogP contribution in [-0.2, 0) is 7.05 Å². The average molecular weight is 252 g/mol. The van der Waals surface area contributed by atoms with Crippen molar-refractivity contribution in [3.8, 4) is 0 Å². The second-order valence-corrected chi connectivity index (χ2v) is 4.64. The smallest absolute Gasteiger partial charge is 0.320 e. The zero-order chi connectivity index (χ0) is 13.3. The quantitative estimate of drug-likeness (QED) is 0.587. The summed E-state index contributed by atoms with van der Waals surface area (Å²) in [4.78, 5) is 24.3. The van der Waals surface area contributed by atoms with Crippen LogP contribution in [0.5, 0.6) is 0 Å². The highest BCUT2D eigenvalue weighted by atomic mass is 16.6. The molecule has 98 valence electrons. The lowest BCUT2D eigenvalue weighted by Crippen LogP contribution is -2.42. The van der Waals surface area contributed by atoms with E-state index in [4.69, 9.17) is 0 Å². The summed E-state index contributed by atoms with van der Waals surface area (Å²) in [5.41, 5.74) is -0.281. The summed E-state index contributed by atoms with van der Waals surface area (Å²) in [7, 11) is 1.57. The lowest BCUT2D eigenvalue weighted by molar-refractivity contribution is -0.385.